The average molecular weight is 315 g/mol. The third-order valence-corrected chi connectivity index (χ3v) is 5.95. The summed E-state index contributed by atoms with van der Waals surface area (Å²) in [4.78, 5) is 0. The monoisotopic (exact) mass is 315 g/mol. The number of nitrogens with zero attached hydrogens (tertiary/aromatic N) is 2. The maximum absolute atomic E-state index is 13.9. The molecular formula is C14H22FN3O2S. The van der Waals surface area contributed by atoms with Crippen molar-refractivity contribution in [2.75, 3.05) is 33.2 Å². The SMILES string of the molecule is CC(c1ccccc1F)N(C)S(=O)(=O)N1CCCNCC1. The standard InChI is InChI=1S/C14H22FN3O2S/c1-12(13-6-3-4-7-14(13)15)17(2)21(19,20)18-10-5-8-16-9-11-18/h3-4,6-7,12,16H,5,8-11H2,1-2H3. The van der Waals surface area contributed by atoms with Crippen molar-refractivity contribution in [3.8, 4) is 0 Å². The number of hydrogen-bond donors (Lipinski definition) is 1. The van der Waals surface area contributed by atoms with Crippen LogP contribution in [0.15, 0.2) is 24.3 Å². The van der Waals surface area contributed by atoms with Crippen LogP contribution < -0.4 is 5.32 Å². The van der Waals surface area contributed by atoms with Gasteiger partial charge in [0.15, 0.2) is 0 Å². The molecule has 7 heteroatoms. The Balaban J connectivity index is 2.21. The van der Waals surface area contributed by atoms with Crippen molar-refractivity contribution in [1.29, 1.82) is 0 Å². The fraction of sp³-hybridized carbons (Fsp3) is 0.571. The second kappa shape index (κ2) is 6.83. The van der Waals surface area contributed by atoms with Crippen molar-refractivity contribution in [1.82, 2.24) is 13.9 Å². The predicted molar refractivity (Wildman–Crippen MR) is 80.6 cm³/mol. The fourth-order valence-corrected chi connectivity index (χ4v) is 4.00. The van der Waals surface area contributed by atoms with E-state index in [4.69, 9.17) is 0 Å². The van der Waals surface area contributed by atoms with Crippen molar-refractivity contribution in [2.24, 2.45) is 0 Å². The Hall–Kier alpha value is -1.02. The molecule has 0 bridgehead atoms. The zero-order valence-electron chi connectivity index (χ0n) is 12.4. The smallest absolute Gasteiger partial charge is 0.282 e. The summed E-state index contributed by atoms with van der Waals surface area (Å²) in [5, 5.41) is 3.17. The zero-order chi connectivity index (χ0) is 15.5. The van der Waals surface area contributed by atoms with Gasteiger partial charge in [-0.1, -0.05) is 18.2 Å². The summed E-state index contributed by atoms with van der Waals surface area (Å²) in [5.41, 5.74) is 0.386. The summed E-state index contributed by atoms with van der Waals surface area (Å²) in [6, 6.07) is 5.73. The van der Waals surface area contributed by atoms with Gasteiger partial charge in [-0.05, 0) is 26.0 Å². The van der Waals surface area contributed by atoms with Crippen LogP contribution in [0.5, 0.6) is 0 Å². The first-order valence-electron chi connectivity index (χ1n) is 7.13. The maximum atomic E-state index is 13.9. The van der Waals surface area contributed by atoms with Gasteiger partial charge < -0.3 is 5.32 Å². The molecule has 118 valence electrons. The molecule has 1 fully saturated rings. The summed E-state index contributed by atoms with van der Waals surface area (Å²) in [5.74, 6) is -0.385. The largest absolute Gasteiger partial charge is 0.315 e. The van der Waals surface area contributed by atoms with Gasteiger partial charge in [-0.15, -0.1) is 0 Å². The van der Waals surface area contributed by atoms with Crippen molar-refractivity contribution in [3.05, 3.63) is 35.6 Å². The van der Waals surface area contributed by atoms with E-state index in [0.29, 0.717) is 25.2 Å². The first-order chi connectivity index (χ1) is 9.94. The van der Waals surface area contributed by atoms with Crippen LogP contribution in [0.4, 0.5) is 4.39 Å². The molecule has 1 aromatic carbocycles. The Labute approximate surface area is 125 Å². The molecular weight excluding hydrogens is 293 g/mol. The molecule has 1 heterocycles. The molecule has 1 aliphatic rings. The van der Waals surface area contributed by atoms with Crippen molar-refractivity contribution < 1.29 is 12.8 Å². The lowest BCUT2D eigenvalue weighted by Gasteiger charge is -2.30. The average Bonchev–Trinajstić information content (AvgIpc) is 2.75. The highest BCUT2D eigenvalue weighted by Gasteiger charge is 2.31. The minimum Gasteiger partial charge on any atom is -0.315 e. The van der Waals surface area contributed by atoms with E-state index in [1.165, 1.54) is 21.7 Å². The van der Waals surface area contributed by atoms with Crippen LogP contribution in [0.25, 0.3) is 0 Å². The highest BCUT2D eigenvalue weighted by Crippen LogP contribution is 2.25. The molecule has 0 amide bonds. The maximum Gasteiger partial charge on any atom is 0.282 e. The molecule has 1 saturated heterocycles. The van der Waals surface area contributed by atoms with Gasteiger partial charge in [-0.25, -0.2) is 4.39 Å². The molecule has 1 atom stereocenters. The van der Waals surface area contributed by atoms with Gasteiger partial charge in [0, 0.05) is 32.2 Å². The number of rotatable bonds is 4. The van der Waals surface area contributed by atoms with E-state index in [9.17, 15) is 12.8 Å². The minimum atomic E-state index is -3.59. The number of nitrogens with one attached hydrogen (secondary N) is 1. The van der Waals surface area contributed by atoms with Crippen LogP contribution in [0.1, 0.15) is 24.9 Å². The zero-order valence-corrected chi connectivity index (χ0v) is 13.2. The van der Waals surface area contributed by atoms with Gasteiger partial charge in [0.2, 0.25) is 0 Å². The topological polar surface area (TPSA) is 52.7 Å². The minimum absolute atomic E-state index is 0.385. The summed E-state index contributed by atoms with van der Waals surface area (Å²) >= 11 is 0. The Morgan fingerprint density at radius 3 is 2.71 bits per heavy atom. The molecule has 1 aromatic rings. The van der Waals surface area contributed by atoms with Crippen LogP contribution >= 0.6 is 0 Å². The van der Waals surface area contributed by atoms with Gasteiger partial charge in [0.25, 0.3) is 10.2 Å². The molecule has 0 radical (unpaired) electrons. The molecule has 2 rings (SSSR count). The number of benzene rings is 1. The molecule has 1 N–H and O–H groups in total. The van der Waals surface area contributed by atoms with E-state index >= 15 is 0 Å². The molecule has 21 heavy (non-hydrogen) atoms. The van der Waals surface area contributed by atoms with Gasteiger partial charge >= 0.3 is 0 Å². The highest BCUT2D eigenvalue weighted by molar-refractivity contribution is 7.86. The van der Waals surface area contributed by atoms with Crippen LogP contribution in [0.3, 0.4) is 0 Å². The predicted octanol–water partition coefficient (Wildman–Crippen LogP) is 1.36. The summed E-state index contributed by atoms with van der Waals surface area (Å²) in [6.07, 6.45) is 0.779. The van der Waals surface area contributed by atoms with E-state index < -0.39 is 16.3 Å². The van der Waals surface area contributed by atoms with Crippen molar-refractivity contribution in [3.63, 3.8) is 0 Å². The summed E-state index contributed by atoms with van der Waals surface area (Å²) in [6.45, 7) is 4.09. The molecule has 1 aliphatic heterocycles. The Kier molecular flexibility index (Phi) is 5.32. The third kappa shape index (κ3) is 3.60. The molecule has 0 aliphatic carbocycles. The van der Waals surface area contributed by atoms with Crippen LogP contribution in [0, 0.1) is 5.82 Å². The van der Waals surface area contributed by atoms with E-state index in [1.54, 1.807) is 25.1 Å². The quantitative estimate of drug-likeness (QED) is 0.913. The van der Waals surface area contributed by atoms with E-state index in [0.717, 1.165) is 13.0 Å². The highest BCUT2D eigenvalue weighted by atomic mass is 32.2. The van der Waals surface area contributed by atoms with Crippen LogP contribution in [-0.2, 0) is 10.2 Å². The second-order valence-corrected chi connectivity index (χ2v) is 7.21. The van der Waals surface area contributed by atoms with Gasteiger partial charge in [-0.3, -0.25) is 0 Å². The first kappa shape index (κ1) is 16.4. The Bertz CT molecular complexity index is 571. The van der Waals surface area contributed by atoms with Gasteiger partial charge in [-0.2, -0.15) is 17.0 Å². The number of hydrogen-bond acceptors (Lipinski definition) is 3. The van der Waals surface area contributed by atoms with Crippen LogP contribution in [-0.4, -0.2) is 50.3 Å². The lowest BCUT2D eigenvalue weighted by Crippen LogP contribution is -2.44. The Morgan fingerprint density at radius 2 is 2.00 bits per heavy atom. The fourth-order valence-electron chi connectivity index (χ4n) is 2.44. The van der Waals surface area contributed by atoms with E-state index in [1.807, 2.05) is 0 Å². The normalized spacial score (nSPS) is 19.4. The van der Waals surface area contributed by atoms with Crippen molar-refractivity contribution >= 4 is 10.2 Å². The van der Waals surface area contributed by atoms with Crippen molar-refractivity contribution in [2.45, 2.75) is 19.4 Å². The molecule has 0 spiro atoms. The van der Waals surface area contributed by atoms with Gasteiger partial charge in [0.05, 0.1) is 6.04 Å². The van der Waals surface area contributed by atoms with E-state index in [2.05, 4.69) is 5.32 Å². The summed E-state index contributed by atoms with van der Waals surface area (Å²) < 4.78 is 41.9. The Morgan fingerprint density at radius 1 is 1.29 bits per heavy atom. The van der Waals surface area contributed by atoms with Crippen LogP contribution in [0.2, 0.25) is 0 Å². The second-order valence-electron chi connectivity index (χ2n) is 5.22. The molecule has 1 unspecified atom stereocenters. The molecule has 5 nitrogen and oxygen atoms in total. The lowest BCUT2D eigenvalue weighted by atomic mass is 10.1. The number of halogens is 1. The molecule has 0 saturated carbocycles. The summed E-state index contributed by atoms with van der Waals surface area (Å²) in [7, 11) is -2.08. The lowest BCUT2D eigenvalue weighted by molar-refractivity contribution is 0.331. The van der Waals surface area contributed by atoms with E-state index in [-0.39, 0.29) is 5.82 Å². The first-order valence-corrected chi connectivity index (χ1v) is 8.52. The third-order valence-electron chi connectivity index (χ3n) is 3.89. The van der Waals surface area contributed by atoms with Gasteiger partial charge in [0.1, 0.15) is 5.82 Å². The molecule has 0 aromatic heterocycles.